The summed E-state index contributed by atoms with van der Waals surface area (Å²) in [5.74, 6) is -0.132. The average Bonchev–Trinajstić information content (AvgIpc) is 2.55. The zero-order valence-corrected chi connectivity index (χ0v) is 14.5. The van der Waals surface area contributed by atoms with Crippen LogP contribution in [-0.4, -0.2) is 17.5 Å². The molecule has 2 atom stereocenters. The van der Waals surface area contributed by atoms with Crippen LogP contribution in [0.2, 0.25) is 5.02 Å². The molecule has 1 aliphatic carbocycles. The van der Waals surface area contributed by atoms with E-state index in [1.807, 2.05) is 38.1 Å². The van der Waals surface area contributed by atoms with Crippen molar-refractivity contribution in [1.29, 1.82) is 5.26 Å². The van der Waals surface area contributed by atoms with Gasteiger partial charge in [-0.3, -0.25) is 10.1 Å². The van der Waals surface area contributed by atoms with Crippen LogP contribution in [0, 0.1) is 11.3 Å². The molecular weight excluding hydrogens is 310 g/mol. The van der Waals surface area contributed by atoms with E-state index in [0.717, 1.165) is 37.7 Å². The number of carbonyl (C=O) groups is 1. The van der Waals surface area contributed by atoms with Gasteiger partial charge in [-0.15, -0.1) is 0 Å². The summed E-state index contributed by atoms with van der Waals surface area (Å²) >= 11 is 6.20. The van der Waals surface area contributed by atoms with Crippen LogP contribution < -0.4 is 10.6 Å². The van der Waals surface area contributed by atoms with Gasteiger partial charge in [-0.25, -0.2) is 0 Å². The number of halogens is 1. The van der Waals surface area contributed by atoms with Gasteiger partial charge in [-0.05, 0) is 38.3 Å². The second-order valence-electron chi connectivity index (χ2n) is 6.38. The SMILES string of the molecule is C[C@H](N[C@H](C)c1ccccc1Cl)C(=O)NC1(C#N)CCCCC1. The molecular formula is C18H24ClN3O. The Balaban J connectivity index is 1.97. The summed E-state index contributed by atoms with van der Waals surface area (Å²) in [6.45, 7) is 3.79. The fourth-order valence-corrected chi connectivity index (χ4v) is 3.43. The normalized spacial score (nSPS) is 19.4. The Hall–Kier alpha value is -1.57. The van der Waals surface area contributed by atoms with Crippen molar-refractivity contribution in [2.45, 2.75) is 63.6 Å². The van der Waals surface area contributed by atoms with Crippen molar-refractivity contribution in [3.05, 3.63) is 34.9 Å². The predicted octanol–water partition coefficient (Wildman–Crippen LogP) is 3.72. The van der Waals surface area contributed by atoms with Gasteiger partial charge in [0, 0.05) is 11.1 Å². The lowest BCUT2D eigenvalue weighted by atomic mass is 9.82. The largest absolute Gasteiger partial charge is 0.336 e. The van der Waals surface area contributed by atoms with E-state index in [9.17, 15) is 10.1 Å². The quantitative estimate of drug-likeness (QED) is 0.863. The summed E-state index contributed by atoms with van der Waals surface area (Å²) < 4.78 is 0. The van der Waals surface area contributed by atoms with Gasteiger partial charge in [0.2, 0.25) is 5.91 Å². The average molecular weight is 334 g/mol. The van der Waals surface area contributed by atoms with Gasteiger partial charge in [0.05, 0.1) is 12.1 Å². The highest BCUT2D eigenvalue weighted by atomic mass is 35.5. The molecule has 2 N–H and O–H groups in total. The van der Waals surface area contributed by atoms with Gasteiger partial charge in [0.1, 0.15) is 5.54 Å². The standard InChI is InChI=1S/C18H24ClN3O/c1-13(15-8-4-5-9-16(15)19)21-14(2)17(23)22-18(12-20)10-6-3-7-11-18/h4-5,8-9,13-14,21H,3,6-7,10-11H2,1-2H3,(H,22,23)/t13-,14+/m1/s1. The number of carbonyl (C=O) groups excluding carboxylic acids is 1. The van der Waals surface area contributed by atoms with E-state index >= 15 is 0 Å². The van der Waals surface area contributed by atoms with Gasteiger partial charge < -0.3 is 5.32 Å². The van der Waals surface area contributed by atoms with E-state index in [4.69, 9.17) is 11.6 Å². The zero-order chi connectivity index (χ0) is 16.9. The predicted molar refractivity (Wildman–Crippen MR) is 92.0 cm³/mol. The van der Waals surface area contributed by atoms with E-state index < -0.39 is 11.6 Å². The molecule has 4 nitrogen and oxygen atoms in total. The molecule has 0 spiro atoms. The molecule has 0 unspecified atom stereocenters. The molecule has 0 saturated heterocycles. The Kier molecular flexibility index (Phi) is 6.04. The number of nitrogens with zero attached hydrogens (tertiary/aromatic N) is 1. The van der Waals surface area contributed by atoms with Crippen molar-refractivity contribution in [3.63, 3.8) is 0 Å². The summed E-state index contributed by atoms with van der Waals surface area (Å²) in [5, 5.41) is 16.4. The third kappa shape index (κ3) is 4.46. The second-order valence-corrected chi connectivity index (χ2v) is 6.78. The second kappa shape index (κ2) is 7.81. The van der Waals surface area contributed by atoms with Crippen molar-refractivity contribution in [2.75, 3.05) is 0 Å². The molecule has 0 aliphatic heterocycles. The minimum absolute atomic E-state index is 0.0474. The number of hydrogen-bond acceptors (Lipinski definition) is 3. The van der Waals surface area contributed by atoms with E-state index in [2.05, 4.69) is 16.7 Å². The number of nitriles is 1. The molecule has 1 saturated carbocycles. The molecule has 5 heteroatoms. The Labute approximate surface area is 143 Å². The van der Waals surface area contributed by atoms with Crippen LogP contribution in [0.3, 0.4) is 0 Å². The lowest BCUT2D eigenvalue weighted by molar-refractivity contribution is -0.124. The Morgan fingerprint density at radius 1 is 1.26 bits per heavy atom. The molecule has 2 rings (SSSR count). The number of nitrogens with one attached hydrogen (secondary N) is 2. The molecule has 124 valence electrons. The summed E-state index contributed by atoms with van der Waals surface area (Å²) in [6.07, 6.45) is 4.60. The molecule has 0 heterocycles. The molecule has 1 aliphatic rings. The first-order valence-electron chi connectivity index (χ1n) is 8.21. The minimum Gasteiger partial charge on any atom is -0.336 e. The zero-order valence-electron chi connectivity index (χ0n) is 13.7. The molecule has 23 heavy (non-hydrogen) atoms. The fraction of sp³-hybridized carbons (Fsp3) is 0.556. The number of benzene rings is 1. The topological polar surface area (TPSA) is 64.9 Å². The summed E-state index contributed by atoms with van der Waals surface area (Å²) in [6, 6.07) is 9.47. The van der Waals surface area contributed by atoms with Crippen molar-refractivity contribution in [1.82, 2.24) is 10.6 Å². The lowest BCUT2D eigenvalue weighted by Crippen LogP contribution is -2.54. The van der Waals surface area contributed by atoms with Crippen LogP contribution >= 0.6 is 11.6 Å². The monoisotopic (exact) mass is 333 g/mol. The van der Waals surface area contributed by atoms with Gasteiger partial charge in [-0.2, -0.15) is 5.26 Å². The van der Waals surface area contributed by atoms with Crippen LogP contribution in [0.25, 0.3) is 0 Å². The van der Waals surface area contributed by atoms with Crippen molar-refractivity contribution < 1.29 is 4.79 Å². The number of amides is 1. The maximum Gasteiger partial charge on any atom is 0.238 e. The molecule has 1 fully saturated rings. The number of hydrogen-bond donors (Lipinski definition) is 2. The van der Waals surface area contributed by atoms with Gasteiger partial charge in [-0.1, -0.05) is 49.1 Å². The third-order valence-corrected chi connectivity index (χ3v) is 4.89. The maximum atomic E-state index is 12.5. The first-order valence-corrected chi connectivity index (χ1v) is 8.59. The first kappa shape index (κ1) is 17.8. The van der Waals surface area contributed by atoms with Crippen molar-refractivity contribution >= 4 is 17.5 Å². The van der Waals surface area contributed by atoms with Crippen LogP contribution in [0.4, 0.5) is 0 Å². The van der Waals surface area contributed by atoms with Crippen LogP contribution in [-0.2, 0) is 4.79 Å². The van der Waals surface area contributed by atoms with Gasteiger partial charge >= 0.3 is 0 Å². The molecule has 0 aromatic heterocycles. The summed E-state index contributed by atoms with van der Waals surface area (Å²) in [4.78, 5) is 12.5. The molecule has 1 aromatic carbocycles. The van der Waals surface area contributed by atoms with Crippen LogP contribution in [0.1, 0.15) is 57.6 Å². The summed E-state index contributed by atoms with van der Waals surface area (Å²) in [7, 11) is 0. The van der Waals surface area contributed by atoms with Gasteiger partial charge in [0.15, 0.2) is 0 Å². The van der Waals surface area contributed by atoms with Crippen LogP contribution in [0.5, 0.6) is 0 Å². The lowest BCUT2D eigenvalue weighted by Gasteiger charge is -2.33. The highest BCUT2D eigenvalue weighted by Gasteiger charge is 2.34. The van der Waals surface area contributed by atoms with Crippen molar-refractivity contribution in [2.24, 2.45) is 0 Å². The smallest absolute Gasteiger partial charge is 0.238 e. The van der Waals surface area contributed by atoms with Crippen LogP contribution in [0.15, 0.2) is 24.3 Å². The highest BCUT2D eigenvalue weighted by molar-refractivity contribution is 6.31. The third-order valence-electron chi connectivity index (χ3n) is 4.55. The minimum atomic E-state index is -0.696. The van der Waals surface area contributed by atoms with E-state index in [1.165, 1.54) is 0 Å². The Morgan fingerprint density at radius 2 is 1.91 bits per heavy atom. The van der Waals surface area contributed by atoms with Crippen molar-refractivity contribution in [3.8, 4) is 6.07 Å². The molecule has 0 bridgehead atoms. The maximum absolute atomic E-state index is 12.5. The van der Waals surface area contributed by atoms with E-state index in [0.29, 0.717) is 5.02 Å². The molecule has 0 radical (unpaired) electrons. The van der Waals surface area contributed by atoms with E-state index in [-0.39, 0.29) is 11.9 Å². The van der Waals surface area contributed by atoms with Gasteiger partial charge in [0.25, 0.3) is 0 Å². The summed E-state index contributed by atoms with van der Waals surface area (Å²) in [5.41, 5.74) is 0.264. The first-order chi connectivity index (χ1) is 11.0. The molecule has 1 aromatic rings. The Morgan fingerprint density at radius 3 is 2.52 bits per heavy atom. The fourth-order valence-electron chi connectivity index (χ4n) is 3.13. The van der Waals surface area contributed by atoms with E-state index in [1.54, 1.807) is 0 Å². The molecule has 1 amide bonds. The number of rotatable bonds is 5. The Bertz CT molecular complexity index is 590. The highest BCUT2D eigenvalue weighted by Crippen LogP contribution is 2.28.